The van der Waals surface area contributed by atoms with Crippen molar-refractivity contribution in [3.63, 3.8) is 0 Å². The number of allylic oxidation sites excluding steroid dienone is 13. The van der Waals surface area contributed by atoms with E-state index in [1.165, 1.54) is 122 Å². The van der Waals surface area contributed by atoms with Crippen LogP contribution in [-0.4, -0.2) is 140 Å². The lowest BCUT2D eigenvalue weighted by molar-refractivity contribution is -0.359. The number of aliphatic hydroxyl groups excluding tert-OH is 8. The molecular weight excluding hydrogens is 967 g/mol. The Hall–Kier alpha value is -2.83. The van der Waals surface area contributed by atoms with Gasteiger partial charge in [0, 0.05) is 6.42 Å². The molecule has 0 saturated carbocycles. The summed E-state index contributed by atoms with van der Waals surface area (Å²) >= 11 is 0. The van der Waals surface area contributed by atoms with Crippen LogP contribution in [-0.2, 0) is 23.7 Å². The van der Waals surface area contributed by atoms with E-state index in [9.17, 15) is 45.6 Å². The molecule has 0 spiro atoms. The Morgan fingerprint density at radius 2 is 0.921 bits per heavy atom. The molecule has 0 aromatic heterocycles. The summed E-state index contributed by atoms with van der Waals surface area (Å²) in [5.74, 6) is -0.336. The summed E-state index contributed by atoms with van der Waals surface area (Å²) in [7, 11) is 0. The molecule has 0 bridgehead atoms. The second-order valence-electron chi connectivity index (χ2n) is 20.7. The van der Waals surface area contributed by atoms with Gasteiger partial charge in [-0.2, -0.15) is 0 Å². The SMILES string of the molecule is CC/C=C\C/C=C\C/C=C\C/C=C\CCC(=O)NC(COC1OC(CO)C(OC2OC(CO)C(O)C(O)C2O)C(O)C1O)C(O)/C=C/CC/C=C/CC/C=C/CCCCCCCCCCCCCCCCCCCCC. The summed E-state index contributed by atoms with van der Waals surface area (Å²) in [5, 5.41) is 86.9. The molecule has 12 atom stereocenters. The lowest BCUT2D eigenvalue weighted by Crippen LogP contribution is -2.65. The maximum absolute atomic E-state index is 13.2. The van der Waals surface area contributed by atoms with Crippen molar-refractivity contribution in [3.8, 4) is 0 Å². The summed E-state index contributed by atoms with van der Waals surface area (Å²) < 4.78 is 22.7. The Bertz CT molecular complexity index is 1600. The van der Waals surface area contributed by atoms with Crippen molar-refractivity contribution in [2.45, 2.75) is 280 Å². The van der Waals surface area contributed by atoms with Gasteiger partial charge in [0.05, 0.1) is 32.0 Å². The fourth-order valence-electron chi connectivity index (χ4n) is 9.27. The molecule has 0 radical (unpaired) electrons. The van der Waals surface area contributed by atoms with Crippen LogP contribution in [0.25, 0.3) is 0 Å². The standard InChI is InChI=1S/C62H107NO13/c1-3-5-7-9-11-13-15-17-18-19-20-21-22-23-24-25-26-27-28-29-30-31-32-34-35-37-39-41-43-45-51(66)50(63-54(67)46-44-42-40-38-36-33-16-14-12-10-8-6-4-2)49-73-61-59(72)57(70)60(53(48-65)75-61)76-62-58(71)56(69)55(68)52(47-64)74-62/h6,8,12,14,30-31,33,35-37,40,42-43,45,50-53,55-62,64-66,68-72H,3-5,7,9-11,13,15-29,32,34,38-39,41,44,46-49H2,1-2H3,(H,63,67)/b8-6-,14-12-,31-30+,36-33-,37-35+,42-40-,45-43+. The van der Waals surface area contributed by atoms with Crippen LogP contribution in [0.2, 0.25) is 0 Å². The Labute approximate surface area is 459 Å². The van der Waals surface area contributed by atoms with Crippen LogP contribution in [0.15, 0.2) is 85.1 Å². The molecule has 0 aliphatic carbocycles. The van der Waals surface area contributed by atoms with E-state index in [1.807, 2.05) is 18.2 Å². The van der Waals surface area contributed by atoms with Gasteiger partial charge in [0.1, 0.15) is 48.8 Å². The summed E-state index contributed by atoms with van der Waals surface area (Å²) in [6.07, 6.45) is 46.7. The Balaban J connectivity index is 1.76. The minimum Gasteiger partial charge on any atom is -0.394 e. The van der Waals surface area contributed by atoms with Crippen LogP contribution in [0.3, 0.4) is 0 Å². The van der Waals surface area contributed by atoms with Crippen molar-refractivity contribution in [3.05, 3.63) is 85.1 Å². The molecule has 14 nitrogen and oxygen atoms in total. The first kappa shape index (κ1) is 69.3. The highest BCUT2D eigenvalue weighted by atomic mass is 16.7. The van der Waals surface area contributed by atoms with E-state index in [1.54, 1.807) is 6.08 Å². The number of unbranched alkanes of at least 4 members (excludes halogenated alkanes) is 21. The molecule has 1 amide bonds. The summed E-state index contributed by atoms with van der Waals surface area (Å²) in [4.78, 5) is 13.2. The maximum atomic E-state index is 13.2. The fourth-order valence-corrected chi connectivity index (χ4v) is 9.27. The molecular formula is C62H107NO13. The third-order valence-corrected chi connectivity index (χ3v) is 14.1. The fraction of sp³-hybridized carbons (Fsp3) is 0.758. The molecule has 9 N–H and O–H groups in total. The quantitative estimate of drug-likeness (QED) is 0.0205. The first-order valence-corrected chi connectivity index (χ1v) is 29.8. The third-order valence-electron chi connectivity index (χ3n) is 14.1. The highest BCUT2D eigenvalue weighted by molar-refractivity contribution is 5.76. The van der Waals surface area contributed by atoms with Gasteiger partial charge >= 0.3 is 0 Å². The van der Waals surface area contributed by atoms with Crippen LogP contribution in [0, 0.1) is 0 Å². The van der Waals surface area contributed by atoms with E-state index in [4.69, 9.17) is 18.9 Å². The number of carbonyl (C=O) groups is 1. The number of amides is 1. The molecule has 2 heterocycles. The molecule has 0 aromatic carbocycles. The van der Waals surface area contributed by atoms with Crippen LogP contribution in [0.1, 0.15) is 206 Å². The first-order chi connectivity index (χ1) is 37.1. The molecule has 0 aromatic rings. The van der Waals surface area contributed by atoms with E-state index in [0.717, 1.165) is 51.4 Å². The van der Waals surface area contributed by atoms with E-state index in [0.29, 0.717) is 12.8 Å². The number of carbonyl (C=O) groups excluding carboxylic acids is 1. The zero-order valence-corrected chi connectivity index (χ0v) is 47.0. The molecule has 76 heavy (non-hydrogen) atoms. The van der Waals surface area contributed by atoms with E-state index < -0.39 is 86.8 Å². The molecule has 12 unspecified atom stereocenters. The second-order valence-corrected chi connectivity index (χ2v) is 20.7. The van der Waals surface area contributed by atoms with E-state index in [-0.39, 0.29) is 18.9 Å². The van der Waals surface area contributed by atoms with Crippen LogP contribution in [0.5, 0.6) is 0 Å². The molecule has 438 valence electrons. The highest BCUT2D eigenvalue weighted by Gasteiger charge is 2.51. The number of hydrogen-bond acceptors (Lipinski definition) is 13. The van der Waals surface area contributed by atoms with Gasteiger partial charge in [0.15, 0.2) is 12.6 Å². The number of hydrogen-bond donors (Lipinski definition) is 9. The van der Waals surface area contributed by atoms with Crippen molar-refractivity contribution in [2.75, 3.05) is 19.8 Å². The van der Waals surface area contributed by atoms with Gasteiger partial charge in [-0.25, -0.2) is 0 Å². The molecule has 2 saturated heterocycles. The number of aliphatic hydroxyl groups is 8. The Kier molecular flexibility index (Phi) is 42.9. The van der Waals surface area contributed by atoms with E-state index >= 15 is 0 Å². The third kappa shape index (κ3) is 32.3. The summed E-state index contributed by atoms with van der Waals surface area (Å²) in [6, 6.07) is -0.981. The van der Waals surface area contributed by atoms with Crippen molar-refractivity contribution >= 4 is 5.91 Å². The van der Waals surface area contributed by atoms with Crippen LogP contribution < -0.4 is 5.32 Å². The lowest BCUT2D eigenvalue weighted by atomic mass is 9.97. The average Bonchev–Trinajstić information content (AvgIpc) is 3.42. The minimum absolute atomic E-state index is 0.144. The molecule has 2 aliphatic heterocycles. The predicted molar refractivity (Wildman–Crippen MR) is 304 cm³/mol. The van der Waals surface area contributed by atoms with Crippen LogP contribution >= 0.6 is 0 Å². The van der Waals surface area contributed by atoms with E-state index in [2.05, 4.69) is 79.9 Å². The van der Waals surface area contributed by atoms with Crippen molar-refractivity contribution in [2.24, 2.45) is 0 Å². The second kappa shape index (κ2) is 47.0. The van der Waals surface area contributed by atoms with Gasteiger partial charge < -0.3 is 65.1 Å². The number of ether oxygens (including phenoxy) is 4. The van der Waals surface area contributed by atoms with Gasteiger partial charge in [-0.1, -0.05) is 214 Å². The smallest absolute Gasteiger partial charge is 0.220 e. The Morgan fingerprint density at radius 1 is 0.487 bits per heavy atom. The van der Waals surface area contributed by atoms with Crippen molar-refractivity contribution in [1.29, 1.82) is 0 Å². The molecule has 2 aliphatic rings. The molecule has 2 fully saturated rings. The molecule has 2 rings (SSSR count). The van der Waals surface area contributed by atoms with Gasteiger partial charge in [0.2, 0.25) is 5.91 Å². The zero-order chi connectivity index (χ0) is 55.3. The lowest BCUT2D eigenvalue weighted by Gasteiger charge is -2.46. The van der Waals surface area contributed by atoms with Crippen LogP contribution in [0.4, 0.5) is 0 Å². The van der Waals surface area contributed by atoms with Crippen molar-refractivity contribution in [1.82, 2.24) is 5.32 Å². The average molecular weight is 1070 g/mol. The van der Waals surface area contributed by atoms with Gasteiger partial charge in [0.25, 0.3) is 0 Å². The van der Waals surface area contributed by atoms with Gasteiger partial charge in [-0.05, 0) is 70.6 Å². The molecule has 14 heteroatoms. The maximum Gasteiger partial charge on any atom is 0.220 e. The zero-order valence-electron chi connectivity index (χ0n) is 47.0. The minimum atomic E-state index is -1.80. The topological polar surface area (TPSA) is 228 Å². The summed E-state index contributed by atoms with van der Waals surface area (Å²) in [5.41, 5.74) is 0. The van der Waals surface area contributed by atoms with Crippen molar-refractivity contribution < 1.29 is 64.6 Å². The van der Waals surface area contributed by atoms with Gasteiger partial charge in [-0.3, -0.25) is 4.79 Å². The monoisotopic (exact) mass is 1070 g/mol. The van der Waals surface area contributed by atoms with Gasteiger partial charge in [-0.15, -0.1) is 0 Å². The normalized spacial score (nSPS) is 25.5. The number of rotatable bonds is 46. The highest BCUT2D eigenvalue weighted by Crippen LogP contribution is 2.30. The Morgan fingerprint density at radius 3 is 1.43 bits per heavy atom. The largest absolute Gasteiger partial charge is 0.394 e. The first-order valence-electron chi connectivity index (χ1n) is 29.8. The predicted octanol–water partition coefficient (Wildman–Crippen LogP) is 10.1. The summed E-state index contributed by atoms with van der Waals surface area (Å²) in [6.45, 7) is 2.59. The number of nitrogens with one attached hydrogen (secondary N) is 1.